The highest BCUT2D eigenvalue weighted by Crippen LogP contribution is 2.38. The van der Waals surface area contributed by atoms with Crippen LogP contribution in [0.2, 0.25) is 5.02 Å². The molecule has 0 radical (unpaired) electrons. The quantitative estimate of drug-likeness (QED) is 0.0138. The van der Waals surface area contributed by atoms with Gasteiger partial charge in [0, 0.05) is 95.5 Å². The van der Waals surface area contributed by atoms with Crippen molar-refractivity contribution in [3.8, 4) is 22.3 Å². The van der Waals surface area contributed by atoms with Crippen molar-refractivity contribution in [2.24, 2.45) is 0 Å². The van der Waals surface area contributed by atoms with Crippen LogP contribution in [0.15, 0.2) is 137 Å². The Morgan fingerprint density at radius 2 is 1.59 bits per heavy atom. The molecule has 1 aliphatic heterocycles. The second kappa shape index (κ2) is 24.4. The molecule has 1 amide bonds. The van der Waals surface area contributed by atoms with E-state index in [4.69, 9.17) is 11.6 Å². The van der Waals surface area contributed by atoms with E-state index in [0.717, 1.165) is 107 Å². The van der Waals surface area contributed by atoms with Crippen molar-refractivity contribution >= 4 is 58.3 Å². The lowest BCUT2D eigenvalue weighted by atomic mass is 9.94. The Morgan fingerprint density at radius 3 is 2.33 bits per heavy atom. The van der Waals surface area contributed by atoms with Crippen molar-refractivity contribution in [3.63, 3.8) is 0 Å². The maximum atomic E-state index is 14.3. The first kappa shape index (κ1) is 48.6. The summed E-state index contributed by atoms with van der Waals surface area (Å²) in [6.07, 6.45) is 3.72. The zero-order valence-corrected chi connectivity index (χ0v) is 39.6. The molecule has 1 atom stereocenters. The zero-order valence-electron chi connectivity index (χ0n) is 37.2. The molecule has 1 aromatic heterocycles. The fourth-order valence-corrected chi connectivity index (χ4v) is 9.53. The minimum absolute atomic E-state index is 0.0363. The number of carbonyl (C=O) groups is 1. The van der Waals surface area contributed by atoms with Gasteiger partial charge in [-0.05, 0) is 122 Å². The van der Waals surface area contributed by atoms with Gasteiger partial charge in [-0.2, -0.15) is 0 Å². The summed E-state index contributed by atoms with van der Waals surface area (Å²) in [4.78, 5) is 32.6. The molecule has 15 heteroatoms. The van der Waals surface area contributed by atoms with Gasteiger partial charge in [-0.3, -0.25) is 14.9 Å². The zero-order chi connectivity index (χ0) is 46.3. The fraction of sp³-hybridized carbons (Fsp3) is 0.314. The number of amides is 1. The second-order valence-corrected chi connectivity index (χ2v) is 19.0. The highest BCUT2D eigenvalue weighted by molar-refractivity contribution is 8.00. The molecule has 12 nitrogen and oxygen atoms in total. The van der Waals surface area contributed by atoms with Crippen LogP contribution >= 0.6 is 35.3 Å². The molecule has 5 aromatic carbocycles. The van der Waals surface area contributed by atoms with Crippen molar-refractivity contribution < 1.29 is 19.9 Å². The number of likely N-dealkylation sites (N-methyl/N-ethyl adjacent to an activating group) is 1. The van der Waals surface area contributed by atoms with Crippen LogP contribution in [0.5, 0.6) is 0 Å². The van der Waals surface area contributed by atoms with E-state index in [1.54, 1.807) is 23.9 Å². The van der Waals surface area contributed by atoms with Crippen molar-refractivity contribution in [3.05, 3.63) is 159 Å². The Bertz CT molecular complexity index is 2500. The number of carbonyl (C=O) groups excluding carboxylic acids is 1. The number of nitro benzene ring substituents is 1. The summed E-state index contributed by atoms with van der Waals surface area (Å²) in [5.74, 6) is 0.595. The van der Waals surface area contributed by atoms with Crippen LogP contribution < -0.4 is 15.4 Å². The number of thioether (sulfide) groups is 1. The lowest BCUT2D eigenvalue weighted by Gasteiger charge is -2.32. The second-order valence-electron chi connectivity index (χ2n) is 16.5. The van der Waals surface area contributed by atoms with E-state index < -0.39 is 6.10 Å². The predicted octanol–water partition coefficient (Wildman–Crippen LogP) is 9.60. The number of hydrogen-bond donors (Lipinski definition) is 5. The van der Waals surface area contributed by atoms with Crippen LogP contribution in [0, 0.1) is 10.1 Å². The number of rotatable bonds is 23. The Labute approximate surface area is 401 Å². The number of nitrogens with one attached hydrogen (secondary N) is 3. The van der Waals surface area contributed by atoms with Crippen LogP contribution in [0.3, 0.4) is 0 Å². The van der Waals surface area contributed by atoms with Gasteiger partial charge < -0.3 is 39.9 Å². The molecule has 0 saturated carbocycles. The molecule has 1 unspecified atom stereocenters. The summed E-state index contributed by atoms with van der Waals surface area (Å²) in [6, 6.07) is 39.4. The molecule has 2 heterocycles. The minimum Gasteiger partial charge on any atom is -0.394 e. The van der Waals surface area contributed by atoms with E-state index in [-0.39, 0.29) is 29.5 Å². The van der Waals surface area contributed by atoms with E-state index in [2.05, 4.69) is 68.6 Å². The molecular formula is C51H58ClN7O5S2. The third kappa shape index (κ3) is 13.9. The van der Waals surface area contributed by atoms with Gasteiger partial charge in [0.05, 0.1) is 17.6 Å². The van der Waals surface area contributed by atoms with E-state index in [1.807, 2.05) is 83.6 Å². The number of hydrogen-bond acceptors (Lipinski definition) is 11. The first-order chi connectivity index (χ1) is 32.1. The number of aliphatic hydroxyl groups is 2. The minimum atomic E-state index is -0.911. The topological polar surface area (TPSA) is 148 Å². The number of anilines is 2. The number of nitrogens with zero attached hydrogens (tertiary/aromatic N) is 4. The largest absolute Gasteiger partial charge is 0.394 e. The van der Waals surface area contributed by atoms with E-state index in [9.17, 15) is 25.1 Å². The third-order valence-electron chi connectivity index (χ3n) is 11.6. The van der Waals surface area contributed by atoms with Gasteiger partial charge >= 0.3 is 0 Å². The summed E-state index contributed by atoms with van der Waals surface area (Å²) in [7, 11) is 2.14. The van der Waals surface area contributed by atoms with Gasteiger partial charge in [0.2, 0.25) is 0 Å². The van der Waals surface area contributed by atoms with Crippen LogP contribution in [-0.2, 0) is 19.4 Å². The lowest BCUT2D eigenvalue weighted by molar-refractivity contribution is -0.384. The molecular weight excluding hydrogens is 890 g/mol. The number of halogens is 1. The fourth-order valence-electron chi connectivity index (χ4n) is 7.93. The number of piperazine rings is 1. The average molecular weight is 949 g/mol. The Morgan fingerprint density at radius 1 is 0.833 bits per heavy atom. The molecule has 346 valence electrons. The first-order valence-electron chi connectivity index (χ1n) is 22.4. The lowest BCUT2D eigenvalue weighted by Crippen LogP contribution is -2.45. The van der Waals surface area contributed by atoms with Crippen molar-refractivity contribution in [2.75, 3.05) is 75.3 Å². The van der Waals surface area contributed by atoms with Gasteiger partial charge in [-0.1, -0.05) is 78.3 Å². The normalized spacial score (nSPS) is 13.6. The molecule has 0 aliphatic carbocycles. The van der Waals surface area contributed by atoms with Gasteiger partial charge in [0.25, 0.3) is 11.6 Å². The summed E-state index contributed by atoms with van der Waals surface area (Å²) in [5.41, 5.74) is 7.69. The summed E-state index contributed by atoms with van der Waals surface area (Å²) >= 11 is 9.35. The maximum absolute atomic E-state index is 14.3. The van der Waals surface area contributed by atoms with Crippen molar-refractivity contribution in [1.82, 2.24) is 19.7 Å². The molecule has 66 heavy (non-hydrogen) atoms. The Balaban J connectivity index is 1.02. The standard InChI is InChI=1S/C51H58ClN7O5S2/c1-56-28-30-57(31-29-56)26-6-24-54-51(62)50-49(46(39-15-17-41(52)18-16-39)35-58(50)27-23-43(61)36-60)40-8-5-7-38(33-40)12-11-37-13-19-42(20-14-37)55-66-45-21-22-47(48(34-45)59(63)64)53-25-32-65-44-9-3-2-4-10-44/h2-5,7-10,13-22,33-35,43,53,55,60-61H,6,11-12,23-32,36H2,1H3,(H,54,62). The van der Waals surface area contributed by atoms with Crippen LogP contribution in [0.4, 0.5) is 17.1 Å². The van der Waals surface area contributed by atoms with Gasteiger partial charge in [-0.25, -0.2) is 0 Å². The molecule has 7 rings (SSSR count). The van der Waals surface area contributed by atoms with Crippen LogP contribution in [-0.4, -0.2) is 107 Å². The van der Waals surface area contributed by atoms with E-state index in [0.29, 0.717) is 36.0 Å². The highest BCUT2D eigenvalue weighted by Gasteiger charge is 2.25. The molecule has 5 N–H and O–H groups in total. The van der Waals surface area contributed by atoms with Crippen molar-refractivity contribution in [1.29, 1.82) is 0 Å². The Kier molecular flexibility index (Phi) is 18.0. The smallest absolute Gasteiger partial charge is 0.293 e. The average Bonchev–Trinajstić information content (AvgIpc) is 3.73. The number of aromatic nitrogens is 1. The third-order valence-corrected chi connectivity index (χ3v) is 13.7. The van der Waals surface area contributed by atoms with Crippen LogP contribution in [0.25, 0.3) is 22.3 Å². The number of aliphatic hydroxyl groups excluding tert-OH is 2. The van der Waals surface area contributed by atoms with Crippen LogP contribution in [0.1, 0.15) is 34.5 Å². The molecule has 1 aliphatic rings. The van der Waals surface area contributed by atoms with Gasteiger partial charge in [0.15, 0.2) is 0 Å². The number of aryl methyl sites for hydroxylation is 3. The highest BCUT2D eigenvalue weighted by atomic mass is 35.5. The van der Waals surface area contributed by atoms with E-state index in [1.165, 1.54) is 11.9 Å². The number of benzene rings is 5. The number of nitro groups is 1. The molecule has 0 spiro atoms. The summed E-state index contributed by atoms with van der Waals surface area (Å²) < 4.78 is 5.24. The monoisotopic (exact) mass is 947 g/mol. The molecule has 6 aromatic rings. The maximum Gasteiger partial charge on any atom is 0.293 e. The summed E-state index contributed by atoms with van der Waals surface area (Å²) in [5, 5.41) is 39.0. The first-order valence-corrected chi connectivity index (χ1v) is 24.6. The molecule has 0 bridgehead atoms. The Hall–Kier alpha value is -5.32. The van der Waals surface area contributed by atoms with E-state index >= 15 is 0 Å². The molecule has 1 saturated heterocycles. The van der Waals surface area contributed by atoms with Crippen molar-refractivity contribution in [2.45, 2.75) is 48.1 Å². The summed E-state index contributed by atoms with van der Waals surface area (Å²) in [6.45, 7) is 6.15. The molecule has 1 fully saturated rings. The van der Waals surface area contributed by atoms with Gasteiger partial charge in [0.1, 0.15) is 11.4 Å². The predicted molar refractivity (Wildman–Crippen MR) is 271 cm³/mol. The van der Waals surface area contributed by atoms with Gasteiger partial charge in [-0.15, -0.1) is 11.8 Å². The SMILES string of the molecule is CN1CCN(CCCNC(=O)c2c(-c3cccc(CCc4ccc(NSc5ccc(NCCSc6ccccc6)c([N+](=O)[O-])c5)cc4)c3)c(-c3ccc(Cl)cc3)cn2CCC(O)CO)CC1.